The summed E-state index contributed by atoms with van der Waals surface area (Å²) in [6.07, 6.45) is 5.55. The maximum absolute atomic E-state index is 11.5. The van der Waals surface area contributed by atoms with Crippen molar-refractivity contribution in [1.82, 2.24) is 4.90 Å². The third-order valence-corrected chi connectivity index (χ3v) is 2.98. The number of likely N-dealkylation sites (N-methyl/N-ethyl adjacent to an activating group) is 1. The zero-order valence-electron chi connectivity index (χ0n) is 10.5. The summed E-state index contributed by atoms with van der Waals surface area (Å²) >= 11 is 3.38. The summed E-state index contributed by atoms with van der Waals surface area (Å²) in [5.41, 5.74) is 0. The van der Waals surface area contributed by atoms with Crippen LogP contribution in [0, 0.1) is 0 Å². The van der Waals surface area contributed by atoms with Crippen LogP contribution >= 0.6 is 15.9 Å². The van der Waals surface area contributed by atoms with E-state index < -0.39 is 0 Å². The Bertz CT molecular complexity index is 176. The van der Waals surface area contributed by atoms with Gasteiger partial charge in [-0.1, -0.05) is 35.7 Å². The Balaban J connectivity index is 3.35. The number of amides is 1. The van der Waals surface area contributed by atoms with Crippen LogP contribution in [0.3, 0.4) is 0 Å². The van der Waals surface area contributed by atoms with E-state index in [-0.39, 0.29) is 12.5 Å². The lowest BCUT2D eigenvalue weighted by atomic mass is 10.3. The minimum atomic E-state index is 0.0916. The molecule has 0 atom stereocenters. The summed E-state index contributed by atoms with van der Waals surface area (Å²) in [5.74, 6) is 0.0916. The molecule has 4 heteroatoms. The standard InChI is InChI=1S/C12H24BrNO2/c1-3-4-9-14(2)12(15)11-16-10-7-5-6-8-13/h3-11H2,1-2H3. The molecule has 0 radical (unpaired) electrons. The summed E-state index contributed by atoms with van der Waals surface area (Å²) < 4.78 is 5.34. The largest absolute Gasteiger partial charge is 0.372 e. The Labute approximate surface area is 108 Å². The summed E-state index contributed by atoms with van der Waals surface area (Å²) in [5, 5.41) is 1.05. The van der Waals surface area contributed by atoms with Crippen LogP contribution in [0.15, 0.2) is 0 Å². The van der Waals surface area contributed by atoms with Gasteiger partial charge >= 0.3 is 0 Å². The van der Waals surface area contributed by atoms with E-state index in [1.165, 1.54) is 6.42 Å². The van der Waals surface area contributed by atoms with E-state index >= 15 is 0 Å². The highest BCUT2D eigenvalue weighted by Gasteiger charge is 2.07. The van der Waals surface area contributed by atoms with Gasteiger partial charge in [-0.25, -0.2) is 0 Å². The van der Waals surface area contributed by atoms with Crippen LogP contribution in [0.5, 0.6) is 0 Å². The first kappa shape index (κ1) is 15.9. The van der Waals surface area contributed by atoms with E-state index in [4.69, 9.17) is 4.74 Å². The second kappa shape index (κ2) is 11.4. The van der Waals surface area contributed by atoms with Gasteiger partial charge in [0, 0.05) is 25.5 Å². The molecule has 0 aromatic carbocycles. The molecule has 1 amide bonds. The molecule has 0 bridgehead atoms. The molecule has 3 nitrogen and oxygen atoms in total. The molecule has 0 aliphatic carbocycles. The fraction of sp³-hybridized carbons (Fsp3) is 0.917. The second-order valence-corrected chi connectivity index (χ2v) is 4.76. The molecule has 0 unspecified atom stereocenters. The normalized spacial score (nSPS) is 10.4. The van der Waals surface area contributed by atoms with E-state index in [0.717, 1.165) is 37.6 Å². The number of hydrogen-bond acceptors (Lipinski definition) is 2. The van der Waals surface area contributed by atoms with Crippen molar-refractivity contribution in [2.24, 2.45) is 0 Å². The molecule has 0 saturated heterocycles. The number of hydrogen-bond donors (Lipinski definition) is 0. The van der Waals surface area contributed by atoms with Gasteiger partial charge in [0.15, 0.2) is 0 Å². The van der Waals surface area contributed by atoms with Gasteiger partial charge in [-0.05, 0) is 19.3 Å². The fourth-order valence-corrected chi connectivity index (χ4v) is 1.66. The molecule has 0 aliphatic heterocycles. The third-order valence-electron chi connectivity index (χ3n) is 2.42. The zero-order valence-corrected chi connectivity index (χ0v) is 12.1. The van der Waals surface area contributed by atoms with Crippen LogP contribution < -0.4 is 0 Å². The van der Waals surface area contributed by atoms with E-state index in [0.29, 0.717) is 6.61 Å². The Morgan fingerprint density at radius 2 is 2.00 bits per heavy atom. The maximum atomic E-state index is 11.5. The molecule has 0 heterocycles. The number of nitrogens with zero attached hydrogens (tertiary/aromatic N) is 1. The minimum Gasteiger partial charge on any atom is -0.372 e. The van der Waals surface area contributed by atoms with Crippen LogP contribution in [-0.2, 0) is 9.53 Å². The molecule has 16 heavy (non-hydrogen) atoms. The number of unbranched alkanes of at least 4 members (excludes halogenated alkanes) is 3. The molecule has 0 aromatic rings. The Morgan fingerprint density at radius 3 is 2.62 bits per heavy atom. The van der Waals surface area contributed by atoms with Crippen molar-refractivity contribution >= 4 is 21.8 Å². The molecule has 0 saturated carbocycles. The van der Waals surface area contributed by atoms with Gasteiger partial charge in [-0.15, -0.1) is 0 Å². The molecule has 0 aromatic heterocycles. The summed E-state index contributed by atoms with van der Waals surface area (Å²) in [6, 6.07) is 0. The lowest BCUT2D eigenvalue weighted by molar-refractivity contribution is -0.134. The molecular weight excluding hydrogens is 270 g/mol. The number of ether oxygens (including phenoxy) is 1. The highest BCUT2D eigenvalue weighted by Crippen LogP contribution is 1.99. The number of carbonyl (C=O) groups is 1. The smallest absolute Gasteiger partial charge is 0.248 e. The van der Waals surface area contributed by atoms with E-state index in [1.807, 2.05) is 7.05 Å². The van der Waals surface area contributed by atoms with Gasteiger partial charge in [-0.2, -0.15) is 0 Å². The minimum absolute atomic E-state index is 0.0916. The monoisotopic (exact) mass is 293 g/mol. The predicted molar refractivity (Wildman–Crippen MR) is 71.0 cm³/mol. The first-order valence-electron chi connectivity index (χ1n) is 6.10. The van der Waals surface area contributed by atoms with Crippen molar-refractivity contribution in [2.45, 2.75) is 39.0 Å². The van der Waals surface area contributed by atoms with Gasteiger partial charge in [-0.3, -0.25) is 4.79 Å². The summed E-state index contributed by atoms with van der Waals surface area (Å²) in [6.45, 7) is 3.88. The molecule has 0 spiro atoms. The van der Waals surface area contributed by atoms with Gasteiger partial charge in [0.1, 0.15) is 6.61 Å². The molecule has 0 aliphatic rings. The van der Waals surface area contributed by atoms with Crippen LogP contribution in [0.4, 0.5) is 0 Å². The molecule has 0 N–H and O–H groups in total. The molecule has 0 fully saturated rings. The van der Waals surface area contributed by atoms with Gasteiger partial charge < -0.3 is 9.64 Å². The van der Waals surface area contributed by atoms with Crippen molar-refractivity contribution in [3.05, 3.63) is 0 Å². The third kappa shape index (κ3) is 9.16. The van der Waals surface area contributed by atoms with Crippen LogP contribution in [0.1, 0.15) is 39.0 Å². The quantitative estimate of drug-likeness (QED) is 0.458. The molecular formula is C12H24BrNO2. The SMILES string of the molecule is CCCCN(C)C(=O)COCCCCCBr. The lowest BCUT2D eigenvalue weighted by Gasteiger charge is -2.16. The Kier molecular flexibility index (Phi) is 11.3. The van der Waals surface area contributed by atoms with Crippen molar-refractivity contribution in [3.63, 3.8) is 0 Å². The fourth-order valence-electron chi connectivity index (χ4n) is 1.27. The van der Waals surface area contributed by atoms with E-state index in [2.05, 4.69) is 22.9 Å². The maximum Gasteiger partial charge on any atom is 0.248 e. The first-order valence-corrected chi connectivity index (χ1v) is 7.22. The number of carbonyl (C=O) groups excluding carboxylic acids is 1. The van der Waals surface area contributed by atoms with Crippen molar-refractivity contribution in [3.8, 4) is 0 Å². The zero-order chi connectivity index (χ0) is 12.2. The van der Waals surface area contributed by atoms with Gasteiger partial charge in [0.25, 0.3) is 0 Å². The van der Waals surface area contributed by atoms with Crippen molar-refractivity contribution < 1.29 is 9.53 Å². The predicted octanol–water partition coefficient (Wildman–Crippen LogP) is 2.83. The Hall–Kier alpha value is -0.0900. The van der Waals surface area contributed by atoms with Crippen molar-refractivity contribution in [1.29, 1.82) is 0 Å². The first-order chi connectivity index (χ1) is 7.72. The lowest BCUT2D eigenvalue weighted by Crippen LogP contribution is -2.31. The van der Waals surface area contributed by atoms with E-state index in [9.17, 15) is 4.79 Å². The molecule has 96 valence electrons. The Morgan fingerprint density at radius 1 is 1.25 bits per heavy atom. The van der Waals surface area contributed by atoms with Gasteiger partial charge in [0.05, 0.1) is 0 Å². The molecule has 0 rings (SSSR count). The van der Waals surface area contributed by atoms with Crippen LogP contribution in [-0.4, -0.2) is 42.9 Å². The van der Waals surface area contributed by atoms with Gasteiger partial charge in [0.2, 0.25) is 5.91 Å². The number of halogens is 1. The summed E-state index contributed by atoms with van der Waals surface area (Å²) in [7, 11) is 1.84. The second-order valence-electron chi connectivity index (χ2n) is 3.97. The topological polar surface area (TPSA) is 29.5 Å². The average molecular weight is 294 g/mol. The van der Waals surface area contributed by atoms with Crippen LogP contribution in [0.25, 0.3) is 0 Å². The highest BCUT2D eigenvalue weighted by atomic mass is 79.9. The number of alkyl halides is 1. The van der Waals surface area contributed by atoms with E-state index in [1.54, 1.807) is 4.90 Å². The van der Waals surface area contributed by atoms with Crippen LogP contribution in [0.2, 0.25) is 0 Å². The summed E-state index contributed by atoms with van der Waals surface area (Å²) in [4.78, 5) is 13.3. The highest BCUT2D eigenvalue weighted by molar-refractivity contribution is 9.09. The average Bonchev–Trinajstić information content (AvgIpc) is 2.30. The number of rotatable bonds is 10. The van der Waals surface area contributed by atoms with Crippen molar-refractivity contribution in [2.75, 3.05) is 32.1 Å².